The van der Waals surface area contributed by atoms with Crippen LogP contribution >= 0.6 is 0 Å². The van der Waals surface area contributed by atoms with Crippen molar-refractivity contribution in [2.45, 2.75) is 78.3 Å². The van der Waals surface area contributed by atoms with E-state index in [0.29, 0.717) is 18.1 Å². The van der Waals surface area contributed by atoms with Crippen molar-refractivity contribution in [3.05, 3.63) is 0 Å². The third-order valence-corrected chi connectivity index (χ3v) is 4.68. The van der Waals surface area contributed by atoms with Gasteiger partial charge in [-0.1, -0.05) is 13.8 Å². The molecular weight excluding hydrogens is 248 g/mol. The SMILES string of the molecule is CCC(C)(CNC(C)(C)C)CN1CCCC1CCCO. The van der Waals surface area contributed by atoms with E-state index in [9.17, 15) is 0 Å². The number of nitrogens with one attached hydrogen (secondary N) is 1. The first kappa shape index (κ1) is 17.9. The van der Waals surface area contributed by atoms with Gasteiger partial charge >= 0.3 is 0 Å². The van der Waals surface area contributed by atoms with E-state index < -0.39 is 0 Å². The van der Waals surface area contributed by atoms with Crippen LogP contribution in [0.2, 0.25) is 0 Å². The average Bonchev–Trinajstić information content (AvgIpc) is 2.80. The molecule has 0 aliphatic carbocycles. The van der Waals surface area contributed by atoms with Crippen molar-refractivity contribution < 1.29 is 5.11 Å². The molecule has 2 N–H and O–H groups in total. The van der Waals surface area contributed by atoms with Crippen LogP contribution in [0.3, 0.4) is 0 Å². The number of rotatable bonds is 8. The lowest BCUT2D eigenvalue weighted by Crippen LogP contribution is -2.48. The molecule has 0 aromatic heterocycles. The zero-order valence-electron chi connectivity index (χ0n) is 14.3. The van der Waals surface area contributed by atoms with Crippen LogP contribution in [0.4, 0.5) is 0 Å². The highest BCUT2D eigenvalue weighted by Crippen LogP contribution is 2.29. The van der Waals surface area contributed by atoms with E-state index in [0.717, 1.165) is 19.4 Å². The molecule has 3 heteroatoms. The molecule has 2 atom stereocenters. The smallest absolute Gasteiger partial charge is 0.0431 e. The Balaban J connectivity index is 2.52. The maximum atomic E-state index is 9.04. The van der Waals surface area contributed by atoms with Gasteiger partial charge in [0.2, 0.25) is 0 Å². The molecule has 1 saturated heterocycles. The Bertz CT molecular complexity index is 275. The Labute approximate surface area is 126 Å². The standard InChI is InChI=1S/C17H36N2O/c1-6-17(5,13-18-16(2,3)4)14-19-11-7-9-15(19)10-8-12-20/h15,18,20H,6-14H2,1-5H3. The van der Waals surface area contributed by atoms with Crippen LogP contribution in [0.1, 0.15) is 66.7 Å². The van der Waals surface area contributed by atoms with Gasteiger partial charge in [-0.25, -0.2) is 0 Å². The molecule has 1 rings (SSSR count). The fraction of sp³-hybridized carbons (Fsp3) is 1.00. The number of aliphatic hydroxyl groups excluding tert-OH is 1. The third kappa shape index (κ3) is 6.11. The first-order valence-electron chi connectivity index (χ1n) is 8.39. The largest absolute Gasteiger partial charge is 0.396 e. The summed E-state index contributed by atoms with van der Waals surface area (Å²) in [5.74, 6) is 0. The Morgan fingerprint density at radius 2 is 1.95 bits per heavy atom. The maximum absolute atomic E-state index is 9.04. The highest BCUT2D eigenvalue weighted by Gasteiger charge is 2.32. The molecular formula is C17H36N2O. The second-order valence-electron chi connectivity index (χ2n) is 7.90. The van der Waals surface area contributed by atoms with Crippen molar-refractivity contribution in [3.8, 4) is 0 Å². The van der Waals surface area contributed by atoms with Crippen molar-refractivity contribution in [3.63, 3.8) is 0 Å². The van der Waals surface area contributed by atoms with Crippen LogP contribution in [0.5, 0.6) is 0 Å². The summed E-state index contributed by atoms with van der Waals surface area (Å²) in [6.45, 7) is 15.3. The van der Waals surface area contributed by atoms with Crippen molar-refractivity contribution in [1.29, 1.82) is 0 Å². The minimum Gasteiger partial charge on any atom is -0.396 e. The van der Waals surface area contributed by atoms with E-state index in [1.165, 1.54) is 32.4 Å². The van der Waals surface area contributed by atoms with Gasteiger partial charge in [0.25, 0.3) is 0 Å². The molecule has 20 heavy (non-hydrogen) atoms. The summed E-state index contributed by atoms with van der Waals surface area (Å²) >= 11 is 0. The molecule has 0 saturated carbocycles. The first-order chi connectivity index (χ1) is 9.29. The molecule has 0 amide bonds. The second-order valence-corrected chi connectivity index (χ2v) is 7.90. The van der Waals surface area contributed by atoms with Gasteiger partial charge in [-0.3, -0.25) is 4.90 Å². The molecule has 0 bridgehead atoms. The van der Waals surface area contributed by atoms with Crippen molar-refractivity contribution in [2.75, 3.05) is 26.2 Å². The Hall–Kier alpha value is -0.120. The van der Waals surface area contributed by atoms with Gasteiger partial charge in [0, 0.05) is 31.3 Å². The summed E-state index contributed by atoms with van der Waals surface area (Å²) in [6, 6.07) is 0.697. The summed E-state index contributed by atoms with van der Waals surface area (Å²) in [7, 11) is 0. The lowest BCUT2D eigenvalue weighted by Gasteiger charge is -2.38. The van der Waals surface area contributed by atoms with Crippen molar-refractivity contribution >= 4 is 0 Å². The number of likely N-dealkylation sites (tertiary alicyclic amines) is 1. The highest BCUT2D eigenvalue weighted by atomic mass is 16.2. The van der Waals surface area contributed by atoms with E-state index in [1.54, 1.807) is 0 Å². The average molecular weight is 284 g/mol. The number of hydrogen-bond donors (Lipinski definition) is 2. The fourth-order valence-electron chi connectivity index (χ4n) is 3.02. The van der Waals surface area contributed by atoms with Crippen molar-refractivity contribution in [1.82, 2.24) is 10.2 Å². The van der Waals surface area contributed by atoms with Gasteiger partial charge in [-0.15, -0.1) is 0 Å². The second kappa shape index (κ2) is 7.77. The van der Waals surface area contributed by atoms with E-state index in [2.05, 4.69) is 44.8 Å². The molecule has 1 aliphatic rings. The zero-order valence-corrected chi connectivity index (χ0v) is 14.3. The molecule has 0 spiro atoms. The van der Waals surface area contributed by atoms with Gasteiger partial charge in [0.1, 0.15) is 0 Å². The summed E-state index contributed by atoms with van der Waals surface area (Å²) in [5, 5.41) is 12.7. The third-order valence-electron chi connectivity index (χ3n) is 4.68. The van der Waals surface area contributed by atoms with Crippen LogP contribution in [-0.2, 0) is 0 Å². The Morgan fingerprint density at radius 1 is 1.25 bits per heavy atom. The highest BCUT2D eigenvalue weighted by molar-refractivity contribution is 4.88. The van der Waals surface area contributed by atoms with Crippen LogP contribution < -0.4 is 5.32 Å². The summed E-state index contributed by atoms with van der Waals surface area (Å²) in [5.41, 5.74) is 0.535. The summed E-state index contributed by atoms with van der Waals surface area (Å²) in [4.78, 5) is 2.67. The molecule has 3 nitrogen and oxygen atoms in total. The van der Waals surface area contributed by atoms with Crippen molar-refractivity contribution in [2.24, 2.45) is 5.41 Å². The van der Waals surface area contributed by atoms with Crippen LogP contribution in [0.15, 0.2) is 0 Å². The van der Waals surface area contributed by atoms with Gasteiger partial charge in [0.05, 0.1) is 0 Å². The van der Waals surface area contributed by atoms with Gasteiger partial charge in [-0.05, 0) is 64.8 Å². The molecule has 2 unspecified atom stereocenters. The van der Waals surface area contributed by atoms with Crippen LogP contribution in [0, 0.1) is 5.41 Å². The van der Waals surface area contributed by atoms with Crippen LogP contribution in [0.25, 0.3) is 0 Å². The minimum absolute atomic E-state index is 0.192. The normalized spacial score (nSPS) is 24.0. The van der Waals surface area contributed by atoms with Gasteiger partial charge in [-0.2, -0.15) is 0 Å². The summed E-state index contributed by atoms with van der Waals surface area (Å²) < 4.78 is 0. The Kier molecular flexibility index (Phi) is 6.96. The van der Waals surface area contributed by atoms with E-state index in [4.69, 9.17) is 5.11 Å². The molecule has 1 heterocycles. The number of nitrogens with zero attached hydrogens (tertiary/aromatic N) is 1. The van der Waals surface area contributed by atoms with Crippen LogP contribution in [-0.4, -0.2) is 47.8 Å². The Morgan fingerprint density at radius 3 is 2.50 bits per heavy atom. The topological polar surface area (TPSA) is 35.5 Å². The maximum Gasteiger partial charge on any atom is 0.0431 e. The van der Waals surface area contributed by atoms with E-state index in [-0.39, 0.29) is 5.54 Å². The molecule has 0 radical (unpaired) electrons. The predicted molar refractivity (Wildman–Crippen MR) is 87.1 cm³/mol. The predicted octanol–water partition coefficient (Wildman–Crippen LogP) is 3.03. The fourth-order valence-corrected chi connectivity index (χ4v) is 3.02. The van der Waals surface area contributed by atoms with Gasteiger partial charge < -0.3 is 10.4 Å². The quantitative estimate of drug-likeness (QED) is 0.719. The van der Waals surface area contributed by atoms with E-state index >= 15 is 0 Å². The number of hydrogen-bond acceptors (Lipinski definition) is 3. The van der Waals surface area contributed by atoms with Gasteiger partial charge in [0.15, 0.2) is 0 Å². The molecule has 1 aliphatic heterocycles. The zero-order chi connectivity index (χ0) is 15.2. The number of aliphatic hydroxyl groups is 1. The minimum atomic E-state index is 0.192. The first-order valence-corrected chi connectivity index (χ1v) is 8.39. The summed E-state index contributed by atoms with van der Waals surface area (Å²) in [6.07, 6.45) is 5.95. The monoisotopic (exact) mass is 284 g/mol. The lowest BCUT2D eigenvalue weighted by molar-refractivity contribution is 0.128. The lowest BCUT2D eigenvalue weighted by atomic mass is 9.85. The molecule has 0 aromatic carbocycles. The molecule has 120 valence electrons. The van der Waals surface area contributed by atoms with E-state index in [1.807, 2.05) is 0 Å². The molecule has 0 aromatic rings. The molecule has 1 fully saturated rings.